The summed E-state index contributed by atoms with van der Waals surface area (Å²) in [6.07, 6.45) is 0. The maximum Gasteiger partial charge on any atom is 0.257 e. The highest BCUT2D eigenvalue weighted by molar-refractivity contribution is 6.05. The van der Waals surface area contributed by atoms with Crippen LogP contribution in [0.4, 0.5) is 5.69 Å². The molecular weight excluding hydrogens is 340 g/mol. The van der Waals surface area contributed by atoms with Gasteiger partial charge in [0.1, 0.15) is 0 Å². The summed E-state index contributed by atoms with van der Waals surface area (Å²) in [5.74, 6) is 1.22. The van der Waals surface area contributed by atoms with Gasteiger partial charge < -0.3 is 19.4 Å². The Balaban J connectivity index is 1.60. The van der Waals surface area contributed by atoms with Crippen molar-refractivity contribution in [1.29, 1.82) is 0 Å². The van der Waals surface area contributed by atoms with Crippen LogP contribution in [-0.2, 0) is 0 Å². The average molecular weight is 362 g/mol. The fourth-order valence-electron chi connectivity index (χ4n) is 3.66. The predicted octanol–water partition coefficient (Wildman–Crippen LogP) is 4.70. The number of nitrogens with one attached hydrogen (secondary N) is 1. The molecule has 0 spiro atoms. The van der Waals surface area contributed by atoms with Gasteiger partial charge in [-0.3, -0.25) is 4.79 Å². The molecule has 0 unspecified atom stereocenters. The number of nitrogens with zero attached hydrogens (tertiary/aromatic N) is 1. The van der Waals surface area contributed by atoms with Crippen LogP contribution < -0.4 is 14.8 Å². The number of aryl methyl sites for hydroxylation is 1. The number of aromatic nitrogens is 1. The zero-order valence-corrected chi connectivity index (χ0v) is 15.7. The first-order valence-electron chi connectivity index (χ1n) is 8.99. The van der Waals surface area contributed by atoms with Crippen LogP contribution in [0, 0.1) is 13.8 Å². The molecule has 0 fully saturated rings. The Morgan fingerprint density at radius 3 is 2.56 bits per heavy atom. The van der Waals surface area contributed by atoms with Crippen LogP contribution in [0.3, 0.4) is 0 Å². The van der Waals surface area contributed by atoms with Gasteiger partial charge in [0.15, 0.2) is 11.5 Å². The van der Waals surface area contributed by atoms with Crippen LogP contribution >= 0.6 is 0 Å². The first-order valence-corrected chi connectivity index (χ1v) is 8.99. The van der Waals surface area contributed by atoms with E-state index in [1.807, 2.05) is 44.2 Å². The molecule has 1 amide bonds. The third kappa shape index (κ3) is 3.16. The van der Waals surface area contributed by atoms with Gasteiger partial charge in [-0.1, -0.05) is 30.3 Å². The SMILES string of the molecule is Cc1cc(C(=O)Nc2ccc3c(c2)OCO3)c(C)n1[C@H](C)c1ccccc1. The summed E-state index contributed by atoms with van der Waals surface area (Å²) >= 11 is 0. The monoisotopic (exact) mass is 362 g/mol. The van der Waals surface area contributed by atoms with E-state index in [1.165, 1.54) is 5.56 Å². The number of amides is 1. The summed E-state index contributed by atoms with van der Waals surface area (Å²) in [6.45, 7) is 6.38. The van der Waals surface area contributed by atoms with Crippen LogP contribution in [-0.4, -0.2) is 17.3 Å². The minimum Gasteiger partial charge on any atom is -0.454 e. The van der Waals surface area contributed by atoms with E-state index >= 15 is 0 Å². The summed E-state index contributed by atoms with van der Waals surface area (Å²) in [6, 6.07) is 17.8. The number of hydrogen-bond donors (Lipinski definition) is 1. The molecule has 5 heteroatoms. The largest absolute Gasteiger partial charge is 0.454 e. The maximum atomic E-state index is 12.9. The Bertz CT molecular complexity index is 992. The molecule has 4 rings (SSSR count). The van der Waals surface area contributed by atoms with E-state index in [0.717, 1.165) is 11.4 Å². The highest BCUT2D eigenvalue weighted by Gasteiger charge is 2.20. The van der Waals surface area contributed by atoms with Crippen LogP contribution in [0.1, 0.15) is 40.3 Å². The van der Waals surface area contributed by atoms with Gasteiger partial charge in [-0.05, 0) is 44.5 Å². The van der Waals surface area contributed by atoms with Crippen molar-refractivity contribution < 1.29 is 14.3 Å². The van der Waals surface area contributed by atoms with E-state index in [9.17, 15) is 4.79 Å². The molecule has 1 aliphatic heterocycles. The molecule has 3 aromatic rings. The lowest BCUT2D eigenvalue weighted by Crippen LogP contribution is -2.15. The van der Waals surface area contributed by atoms with Gasteiger partial charge in [0.2, 0.25) is 6.79 Å². The minimum absolute atomic E-state index is 0.131. The Hall–Kier alpha value is -3.21. The standard InChI is InChI=1S/C22H22N2O3/c1-14-11-19(16(3)24(14)15(2)17-7-5-4-6-8-17)22(25)23-18-9-10-20-21(12-18)27-13-26-20/h4-12,15H,13H2,1-3H3,(H,23,25)/t15-/m1/s1. The van der Waals surface area contributed by atoms with E-state index in [4.69, 9.17) is 9.47 Å². The second-order valence-electron chi connectivity index (χ2n) is 6.76. The van der Waals surface area contributed by atoms with Gasteiger partial charge in [-0.25, -0.2) is 0 Å². The number of rotatable bonds is 4. The average Bonchev–Trinajstić information content (AvgIpc) is 3.25. The first kappa shape index (κ1) is 17.2. The highest BCUT2D eigenvalue weighted by atomic mass is 16.7. The zero-order chi connectivity index (χ0) is 19.0. The van der Waals surface area contributed by atoms with Crippen molar-refractivity contribution in [2.24, 2.45) is 0 Å². The molecular formula is C22H22N2O3. The highest BCUT2D eigenvalue weighted by Crippen LogP contribution is 2.34. The van der Waals surface area contributed by atoms with Gasteiger partial charge >= 0.3 is 0 Å². The third-order valence-corrected chi connectivity index (χ3v) is 5.03. The second-order valence-corrected chi connectivity index (χ2v) is 6.76. The molecule has 2 heterocycles. The maximum absolute atomic E-state index is 12.9. The fourth-order valence-corrected chi connectivity index (χ4v) is 3.66. The lowest BCUT2D eigenvalue weighted by molar-refractivity contribution is 0.102. The van der Waals surface area contributed by atoms with Gasteiger partial charge in [0.05, 0.1) is 11.6 Å². The summed E-state index contributed by atoms with van der Waals surface area (Å²) < 4.78 is 12.9. The molecule has 0 saturated heterocycles. The van der Waals surface area contributed by atoms with E-state index in [2.05, 4.69) is 28.9 Å². The Morgan fingerprint density at radius 2 is 1.78 bits per heavy atom. The van der Waals surface area contributed by atoms with Gasteiger partial charge in [0, 0.05) is 23.1 Å². The topological polar surface area (TPSA) is 52.5 Å². The molecule has 138 valence electrons. The molecule has 2 aromatic carbocycles. The Morgan fingerprint density at radius 1 is 1.04 bits per heavy atom. The summed E-state index contributed by atoms with van der Waals surface area (Å²) in [4.78, 5) is 12.9. The van der Waals surface area contributed by atoms with Crippen LogP contribution in [0.15, 0.2) is 54.6 Å². The quantitative estimate of drug-likeness (QED) is 0.732. The molecule has 27 heavy (non-hydrogen) atoms. The van der Waals surface area contributed by atoms with E-state index in [0.29, 0.717) is 22.7 Å². The number of benzene rings is 2. The van der Waals surface area contributed by atoms with Crippen LogP contribution in [0.2, 0.25) is 0 Å². The van der Waals surface area contributed by atoms with E-state index < -0.39 is 0 Å². The van der Waals surface area contributed by atoms with Crippen molar-refractivity contribution in [1.82, 2.24) is 4.57 Å². The lowest BCUT2D eigenvalue weighted by atomic mass is 10.1. The number of carbonyl (C=O) groups is 1. The molecule has 0 radical (unpaired) electrons. The summed E-state index contributed by atoms with van der Waals surface area (Å²) in [7, 11) is 0. The molecule has 1 aromatic heterocycles. The smallest absolute Gasteiger partial charge is 0.257 e. The van der Waals surface area contributed by atoms with E-state index in [-0.39, 0.29) is 18.7 Å². The molecule has 1 aliphatic rings. The molecule has 5 nitrogen and oxygen atoms in total. The number of ether oxygens (including phenoxy) is 2. The Labute approximate surface area is 158 Å². The summed E-state index contributed by atoms with van der Waals surface area (Å²) in [5.41, 5.74) is 4.57. The molecule has 1 N–H and O–H groups in total. The molecule has 0 bridgehead atoms. The minimum atomic E-state index is -0.131. The second kappa shape index (κ2) is 6.83. The number of carbonyl (C=O) groups excluding carboxylic acids is 1. The fraction of sp³-hybridized carbons (Fsp3) is 0.227. The number of fused-ring (bicyclic) bond motifs is 1. The first-order chi connectivity index (χ1) is 13.0. The van der Waals surface area contributed by atoms with Crippen LogP contribution in [0.25, 0.3) is 0 Å². The van der Waals surface area contributed by atoms with Crippen LogP contribution in [0.5, 0.6) is 11.5 Å². The van der Waals surface area contributed by atoms with Crippen molar-refractivity contribution in [2.45, 2.75) is 26.8 Å². The third-order valence-electron chi connectivity index (χ3n) is 5.03. The van der Waals surface area contributed by atoms with Gasteiger partial charge in [0.25, 0.3) is 5.91 Å². The Kier molecular flexibility index (Phi) is 4.36. The zero-order valence-electron chi connectivity index (χ0n) is 15.7. The number of anilines is 1. The van der Waals surface area contributed by atoms with Crippen molar-refractivity contribution >= 4 is 11.6 Å². The number of hydrogen-bond acceptors (Lipinski definition) is 3. The predicted molar refractivity (Wildman–Crippen MR) is 105 cm³/mol. The van der Waals surface area contributed by atoms with Crippen molar-refractivity contribution in [2.75, 3.05) is 12.1 Å². The van der Waals surface area contributed by atoms with Gasteiger partial charge in [-0.2, -0.15) is 0 Å². The van der Waals surface area contributed by atoms with Crippen molar-refractivity contribution in [3.63, 3.8) is 0 Å². The van der Waals surface area contributed by atoms with Crippen molar-refractivity contribution in [3.8, 4) is 11.5 Å². The summed E-state index contributed by atoms with van der Waals surface area (Å²) in [5, 5.41) is 2.96. The molecule has 1 atom stereocenters. The normalized spacial score (nSPS) is 13.4. The lowest BCUT2D eigenvalue weighted by Gasteiger charge is -2.19. The molecule has 0 saturated carbocycles. The molecule has 0 aliphatic carbocycles. The van der Waals surface area contributed by atoms with Gasteiger partial charge in [-0.15, -0.1) is 0 Å². The van der Waals surface area contributed by atoms with Crippen molar-refractivity contribution in [3.05, 3.63) is 77.1 Å². The van der Waals surface area contributed by atoms with E-state index in [1.54, 1.807) is 12.1 Å².